The molecule has 1 aliphatic heterocycles. The Bertz CT molecular complexity index is 830. The van der Waals surface area contributed by atoms with Crippen LogP contribution in [-0.4, -0.2) is 35.5 Å². The SMILES string of the molecule is CC#CON(C(=O)CN1C(=O)OC(CCCCCC)C1=O)c1cc(Cl)ccc1C. The van der Waals surface area contributed by atoms with Gasteiger partial charge in [-0.2, -0.15) is 0 Å². The largest absolute Gasteiger partial charge is 0.436 e. The Morgan fingerprint density at radius 3 is 2.76 bits per heavy atom. The van der Waals surface area contributed by atoms with E-state index < -0.39 is 30.6 Å². The molecule has 0 bridgehead atoms. The molecule has 1 fully saturated rings. The van der Waals surface area contributed by atoms with Crippen molar-refractivity contribution in [1.82, 2.24) is 4.90 Å². The molecule has 1 unspecified atom stereocenters. The van der Waals surface area contributed by atoms with Crippen molar-refractivity contribution in [2.45, 2.75) is 59.0 Å². The van der Waals surface area contributed by atoms with Gasteiger partial charge in [0.25, 0.3) is 11.8 Å². The van der Waals surface area contributed by atoms with Crippen molar-refractivity contribution in [3.63, 3.8) is 0 Å². The lowest BCUT2D eigenvalue weighted by molar-refractivity contribution is -0.134. The van der Waals surface area contributed by atoms with Gasteiger partial charge >= 0.3 is 6.09 Å². The lowest BCUT2D eigenvalue weighted by Gasteiger charge is -2.22. The highest BCUT2D eigenvalue weighted by Gasteiger charge is 2.42. The van der Waals surface area contributed by atoms with Gasteiger partial charge in [-0.1, -0.05) is 49.8 Å². The summed E-state index contributed by atoms with van der Waals surface area (Å²) in [7, 11) is 0. The lowest BCUT2D eigenvalue weighted by atomic mass is 10.1. The Morgan fingerprint density at radius 1 is 1.31 bits per heavy atom. The second kappa shape index (κ2) is 10.7. The Hall–Kier alpha value is -2.72. The minimum atomic E-state index is -0.843. The maximum atomic E-state index is 12.9. The summed E-state index contributed by atoms with van der Waals surface area (Å²) in [5.74, 6) is 1.38. The number of anilines is 1. The van der Waals surface area contributed by atoms with E-state index in [0.29, 0.717) is 22.7 Å². The third-order valence-corrected chi connectivity index (χ3v) is 4.71. The van der Waals surface area contributed by atoms with Crippen LogP contribution in [0.1, 0.15) is 51.5 Å². The average Bonchev–Trinajstić information content (AvgIpc) is 2.95. The number of rotatable bonds is 9. The molecule has 0 aromatic heterocycles. The highest BCUT2D eigenvalue weighted by atomic mass is 35.5. The van der Waals surface area contributed by atoms with Crippen LogP contribution in [0.15, 0.2) is 18.2 Å². The standard InChI is InChI=1S/C21H25ClN2O5/c1-4-6-7-8-9-18-20(26)23(21(27)29-18)14-19(25)24(28-12-5-2)17-13-16(22)11-10-15(17)3/h10-11,13,18H,4,6-9,14H2,1-3H3. The number of aryl methyl sites for hydroxylation is 1. The number of hydrogen-bond donors (Lipinski definition) is 0. The summed E-state index contributed by atoms with van der Waals surface area (Å²) in [6, 6.07) is 4.95. The number of hydrogen-bond acceptors (Lipinski definition) is 5. The molecule has 1 atom stereocenters. The van der Waals surface area contributed by atoms with Gasteiger partial charge in [-0.15, -0.1) is 5.06 Å². The maximum absolute atomic E-state index is 12.9. The van der Waals surface area contributed by atoms with Crippen LogP contribution in [0.3, 0.4) is 0 Å². The molecule has 0 saturated carbocycles. The molecule has 8 heteroatoms. The Labute approximate surface area is 175 Å². The van der Waals surface area contributed by atoms with E-state index in [9.17, 15) is 14.4 Å². The smallest absolute Gasteiger partial charge is 0.417 e. The number of halogens is 1. The van der Waals surface area contributed by atoms with Crippen LogP contribution in [0.4, 0.5) is 10.5 Å². The van der Waals surface area contributed by atoms with E-state index in [1.165, 1.54) is 0 Å². The van der Waals surface area contributed by atoms with Gasteiger partial charge in [0, 0.05) is 11.9 Å². The normalized spacial score (nSPS) is 15.6. The minimum absolute atomic E-state index is 0.376. The van der Waals surface area contributed by atoms with Crippen molar-refractivity contribution in [2.24, 2.45) is 0 Å². The summed E-state index contributed by atoms with van der Waals surface area (Å²) in [6.45, 7) is 4.90. The summed E-state index contributed by atoms with van der Waals surface area (Å²) in [4.78, 5) is 43.6. The number of imide groups is 1. The summed E-state index contributed by atoms with van der Waals surface area (Å²) in [5.41, 5.74) is 1.09. The molecule has 2 rings (SSSR count). The van der Waals surface area contributed by atoms with E-state index in [1.54, 1.807) is 32.0 Å². The van der Waals surface area contributed by atoms with E-state index in [1.807, 2.05) is 0 Å². The van der Waals surface area contributed by atoms with Crippen LogP contribution in [0, 0.1) is 19.0 Å². The van der Waals surface area contributed by atoms with Crippen LogP contribution in [0.2, 0.25) is 5.02 Å². The molecule has 3 amide bonds. The predicted octanol–water partition coefficient (Wildman–Crippen LogP) is 4.21. The molecule has 1 saturated heterocycles. The van der Waals surface area contributed by atoms with Gasteiger partial charge in [-0.3, -0.25) is 9.59 Å². The van der Waals surface area contributed by atoms with Crippen LogP contribution >= 0.6 is 11.6 Å². The highest BCUT2D eigenvalue weighted by Crippen LogP contribution is 2.26. The molecular weight excluding hydrogens is 396 g/mol. The summed E-state index contributed by atoms with van der Waals surface area (Å²) in [6.07, 6.45) is 5.01. The number of hydroxylamine groups is 1. The van der Waals surface area contributed by atoms with Crippen molar-refractivity contribution in [2.75, 3.05) is 11.6 Å². The molecule has 1 aromatic rings. The first-order chi connectivity index (χ1) is 13.9. The molecule has 0 spiro atoms. The number of carbonyl (C=O) groups excluding carboxylic acids is 3. The van der Waals surface area contributed by atoms with Gasteiger partial charge in [0.15, 0.2) is 6.10 Å². The first-order valence-corrected chi connectivity index (χ1v) is 9.96. The first kappa shape index (κ1) is 22.6. The fourth-order valence-electron chi connectivity index (χ4n) is 2.91. The number of unbranched alkanes of at least 4 members (excludes halogenated alkanes) is 3. The van der Waals surface area contributed by atoms with Crippen LogP contribution in [-0.2, 0) is 19.2 Å². The molecule has 0 radical (unpaired) electrons. The maximum Gasteiger partial charge on any atom is 0.417 e. The number of ether oxygens (including phenoxy) is 1. The van der Waals surface area contributed by atoms with Gasteiger partial charge < -0.3 is 9.57 Å². The summed E-state index contributed by atoms with van der Waals surface area (Å²) >= 11 is 6.04. The molecule has 0 aliphatic carbocycles. The number of benzene rings is 1. The lowest BCUT2D eigenvalue weighted by Crippen LogP contribution is -2.43. The average molecular weight is 421 g/mol. The molecule has 29 heavy (non-hydrogen) atoms. The zero-order chi connectivity index (χ0) is 21.4. The van der Waals surface area contributed by atoms with Gasteiger partial charge in [-0.25, -0.2) is 9.69 Å². The fraction of sp³-hybridized carbons (Fsp3) is 0.476. The highest BCUT2D eigenvalue weighted by molar-refractivity contribution is 6.31. The van der Waals surface area contributed by atoms with Gasteiger partial charge in [0.1, 0.15) is 12.7 Å². The van der Waals surface area contributed by atoms with Gasteiger partial charge in [-0.05, 0) is 37.5 Å². The summed E-state index contributed by atoms with van der Waals surface area (Å²) in [5, 5.41) is 1.34. The predicted molar refractivity (Wildman–Crippen MR) is 109 cm³/mol. The van der Waals surface area contributed by atoms with Crippen LogP contribution < -0.4 is 5.06 Å². The fourth-order valence-corrected chi connectivity index (χ4v) is 3.07. The molecule has 1 heterocycles. The number of nitrogens with zero attached hydrogens (tertiary/aromatic N) is 2. The summed E-state index contributed by atoms with van der Waals surface area (Å²) < 4.78 is 5.15. The molecule has 1 aromatic carbocycles. The third kappa shape index (κ3) is 5.88. The van der Waals surface area contributed by atoms with Crippen LogP contribution in [0.25, 0.3) is 0 Å². The van der Waals surface area contributed by atoms with E-state index in [-0.39, 0.29) is 0 Å². The monoisotopic (exact) mass is 420 g/mol. The zero-order valence-corrected chi connectivity index (χ0v) is 17.6. The molecule has 1 aliphatic rings. The molecular formula is C21H25ClN2O5. The topological polar surface area (TPSA) is 76.2 Å². The molecule has 7 nitrogen and oxygen atoms in total. The number of carbonyl (C=O) groups is 3. The number of amides is 3. The second-order valence-electron chi connectivity index (χ2n) is 6.71. The van der Waals surface area contributed by atoms with E-state index in [0.717, 1.165) is 35.6 Å². The minimum Gasteiger partial charge on any atom is -0.436 e. The Morgan fingerprint density at radius 2 is 2.07 bits per heavy atom. The second-order valence-corrected chi connectivity index (χ2v) is 7.14. The Kier molecular flexibility index (Phi) is 8.34. The third-order valence-electron chi connectivity index (χ3n) is 4.47. The number of cyclic esters (lactones) is 1. The molecule has 0 N–H and O–H groups in total. The zero-order valence-electron chi connectivity index (χ0n) is 16.9. The van der Waals surface area contributed by atoms with E-state index in [2.05, 4.69) is 19.0 Å². The van der Waals surface area contributed by atoms with Crippen molar-refractivity contribution < 1.29 is 24.0 Å². The van der Waals surface area contributed by atoms with Crippen molar-refractivity contribution in [3.8, 4) is 12.0 Å². The van der Waals surface area contributed by atoms with Gasteiger partial charge in [0.2, 0.25) is 0 Å². The van der Waals surface area contributed by atoms with E-state index >= 15 is 0 Å². The van der Waals surface area contributed by atoms with E-state index in [4.69, 9.17) is 21.2 Å². The van der Waals surface area contributed by atoms with Crippen LogP contribution in [0.5, 0.6) is 0 Å². The van der Waals surface area contributed by atoms with Gasteiger partial charge in [0.05, 0.1) is 5.69 Å². The Balaban J connectivity index is 2.12. The van der Waals surface area contributed by atoms with Crippen molar-refractivity contribution >= 4 is 35.2 Å². The van der Waals surface area contributed by atoms with Crippen molar-refractivity contribution in [1.29, 1.82) is 0 Å². The molecule has 156 valence electrons. The first-order valence-electron chi connectivity index (χ1n) is 9.58. The van der Waals surface area contributed by atoms with Crippen molar-refractivity contribution in [3.05, 3.63) is 28.8 Å². The quantitative estimate of drug-likeness (QED) is 0.340.